The molecule has 2 aliphatic carbocycles. The van der Waals surface area contributed by atoms with Gasteiger partial charge in [0, 0.05) is 11.1 Å². The van der Waals surface area contributed by atoms with Crippen molar-refractivity contribution in [2.24, 2.45) is 5.92 Å². The molecule has 0 bridgehead atoms. The number of benzene rings is 2. The Hall–Kier alpha value is -1.76. The first-order chi connectivity index (χ1) is 11.8. The predicted molar refractivity (Wildman–Crippen MR) is 100 cm³/mol. The van der Waals surface area contributed by atoms with Gasteiger partial charge in [-0.25, -0.2) is 0 Å². The molecule has 1 heterocycles. The van der Waals surface area contributed by atoms with E-state index < -0.39 is 0 Å². The standard InChI is InChI=1S/C23H27N/c1-17-9-7-14-20-21(17)24-23(19-11-3-2-4-12-19)16-8-13-18-10-5-6-15-22(18,20)23/h2-4,7,9,11-12,14,18,24H,5-6,8,10,13,15-16H2,1H3/t18-,22-,23+/m1/s1. The Labute approximate surface area is 145 Å². The number of para-hydroxylation sites is 1. The van der Waals surface area contributed by atoms with Crippen LogP contribution in [-0.4, -0.2) is 0 Å². The van der Waals surface area contributed by atoms with Crippen LogP contribution in [0.4, 0.5) is 5.69 Å². The fourth-order valence-electron chi connectivity index (χ4n) is 6.41. The molecule has 3 aliphatic rings. The minimum Gasteiger partial charge on any atom is -0.374 e. The second kappa shape index (κ2) is 5.12. The number of rotatable bonds is 1. The van der Waals surface area contributed by atoms with Gasteiger partial charge in [-0.15, -0.1) is 0 Å². The number of aryl methyl sites for hydroxylation is 1. The summed E-state index contributed by atoms with van der Waals surface area (Å²) in [5.41, 5.74) is 6.38. The highest BCUT2D eigenvalue weighted by atomic mass is 15.1. The smallest absolute Gasteiger partial charge is 0.0725 e. The van der Waals surface area contributed by atoms with E-state index in [1.807, 2.05) is 0 Å². The normalized spacial score (nSPS) is 34.0. The molecule has 1 nitrogen and oxygen atoms in total. The fourth-order valence-corrected chi connectivity index (χ4v) is 6.41. The summed E-state index contributed by atoms with van der Waals surface area (Å²) in [4.78, 5) is 0. The summed E-state index contributed by atoms with van der Waals surface area (Å²) in [6.45, 7) is 2.27. The fraction of sp³-hybridized carbons (Fsp3) is 0.478. The van der Waals surface area contributed by atoms with Crippen LogP contribution in [0.1, 0.15) is 61.6 Å². The van der Waals surface area contributed by atoms with E-state index in [1.165, 1.54) is 61.8 Å². The lowest BCUT2D eigenvalue weighted by molar-refractivity contribution is 0.0565. The molecule has 2 aromatic carbocycles. The van der Waals surface area contributed by atoms with Crippen LogP contribution in [0.15, 0.2) is 48.5 Å². The predicted octanol–water partition coefficient (Wildman–Crippen LogP) is 5.93. The van der Waals surface area contributed by atoms with Gasteiger partial charge in [-0.1, -0.05) is 67.8 Å². The molecule has 0 aromatic heterocycles. The van der Waals surface area contributed by atoms with Crippen LogP contribution in [0.5, 0.6) is 0 Å². The monoisotopic (exact) mass is 317 g/mol. The lowest BCUT2D eigenvalue weighted by Gasteiger charge is -2.57. The SMILES string of the molecule is Cc1cccc2c1N[C@]1(c3ccccc3)CCC[C@H]3CCCC[C@]231. The first-order valence-corrected chi connectivity index (χ1v) is 9.72. The summed E-state index contributed by atoms with van der Waals surface area (Å²) < 4.78 is 0. The van der Waals surface area contributed by atoms with Gasteiger partial charge >= 0.3 is 0 Å². The largest absolute Gasteiger partial charge is 0.374 e. The van der Waals surface area contributed by atoms with Crippen LogP contribution in [0.3, 0.4) is 0 Å². The van der Waals surface area contributed by atoms with Gasteiger partial charge in [0.05, 0.1) is 5.54 Å². The second-order valence-corrected chi connectivity index (χ2v) is 8.20. The Morgan fingerprint density at radius 2 is 1.71 bits per heavy atom. The van der Waals surface area contributed by atoms with Gasteiger partial charge in [0.25, 0.3) is 0 Å². The zero-order valence-electron chi connectivity index (χ0n) is 14.6. The highest BCUT2D eigenvalue weighted by Gasteiger charge is 2.63. The molecule has 0 unspecified atom stereocenters. The zero-order valence-corrected chi connectivity index (χ0v) is 14.6. The topological polar surface area (TPSA) is 12.0 Å². The van der Waals surface area contributed by atoms with E-state index in [2.05, 4.69) is 60.8 Å². The van der Waals surface area contributed by atoms with Crippen molar-refractivity contribution in [3.63, 3.8) is 0 Å². The third-order valence-electron chi connectivity index (χ3n) is 7.29. The first kappa shape index (κ1) is 14.6. The Bertz CT molecular complexity index is 763. The molecule has 1 N–H and O–H groups in total. The number of anilines is 1. The number of fused-ring (bicyclic) bond motifs is 1. The average Bonchev–Trinajstić information content (AvgIpc) is 2.94. The molecule has 2 fully saturated rings. The van der Waals surface area contributed by atoms with E-state index in [0.717, 1.165) is 5.92 Å². The van der Waals surface area contributed by atoms with Gasteiger partial charge in [0.2, 0.25) is 0 Å². The summed E-state index contributed by atoms with van der Waals surface area (Å²) >= 11 is 0. The molecular formula is C23H27N. The molecule has 24 heavy (non-hydrogen) atoms. The van der Waals surface area contributed by atoms with Crippen LogP contribution in [0.2, 0.25) is 0 Å². The first-order valence-electron chi connectivity index (χ1n) is 9.72. The van der Waals surface area contributed by atoms with E-state index in [9.17, 15) is 0 Å². The van der Waals surface area contributed by atoms with Crippen molar-refractivity contribution in [1.82, 2.24) is 0 Å². The van der Waals surface area contributed by atoms with Gasteiger partial charge in [-0.05, 0) is 55.2 Å². The molecule has 2 saturated carbocycles. The Kier molecular flexibility index (Phi) is 3.11. The van der Waals surface area contributed by atoms with E-state index in [-0.39, 0.29) is 5.54 Å². The van der Waals surface area contributed by atoms with Crippen molar-refractivity contribution >= 4 is 5.69 Å². The van der Waals surface area contributed by atoms with Gasteiger partial charge in [-0.3, -0.25) is 0 Å². The summed E-state index contributed by atoms with van der Waals surface area (Å²) in [7, 11) is 0. The third-order valence-corrected chi connectivity index (χ3v) is 7.29. The van der Waals surface area contributed by atoms with Crippen LogP contribution in [0.25, 0.3) is 0 Å². The Balaban J connectivity index is 1.81. The number of hydrogen-bond donors (Lipinski definition) is 1. The Morgan fingerprint density at radius 1 is 0.875 bits per heavy atom. The second-order valence-electron chi connectivity index (χ2n) is 8.20. The quantitative estimate of drug-likeness (QED) is 0.687. The highest BCUT2D eigenvalue weighted by molar-refractivity contribution is 5.71. The molecule has 2 aromatic rings. The van der Waals surface area contributed by atoms with E-state index in [1.54, 1.807) is 5.56 Å². The maximum absolute atomic E-state index is 4.12. The average molecular weight is 317 g/mol. The van der Waals surface area contributed by atoms with Gasteiger partial charge in [0.15, 0.2) is 0 Å². The lowest BCUT2D eigenvalue weighted by atomic mass is 9.48. The van der Waals surface area contributed by atoms with Crippen LogP contribution < -0.4 is 5.32 Å². The summed E-state index contributed by atoms with van der Waals surface area (Å²) in [6.07, 6.45) is 9.56. The highest BCUT2D eigenvalue weighted by Crippen LogP contribution is 2.66. The summed E-state index contributed by atoms with van der Waals surface area (Å²) in [5, 5.41) is 4.12. The molecule has 124 valence electrons. The van der Waals surface area contributed by atoms with Gasteiger partial charge in [-0.2, -0.15) is 0 Å². The lowest BCUT2D eigenvalue weighted by Crippen LogP contribution is -2.57. The number of hydrogen-bond acceptors (Lipinski definition) is 1. The van der Waals surface area contributed by atoms with E-state index >= 15 is 0 Å². The molecule has 0 saturated heterocycles. The third kappa shape index (κ3) is 1.66. The molecule has 0 amide bonds. The van der Waals surface area contributed by atoms with Gasteiger partial charge < -0.3 is 5.32 Å². The summed E-state index contributed by atoms with van der Waals surface area (Å²) in [6, 6.07) is 18.3. The van der Waals surface area contributed by atoms with Crippen LogP contribution in [-0.2, 0) is 11.0 Å². The molecule has 1 spiro atoms. The number of nitrogens with one attached hydrogen (secondary N) is 1. The van der Waals surface area contributed by atoms with Crippen molar-refractivity contribution in [2.45, 2.75) is 62.8 Å². The van der Waals surface area contributed by atoms with Crippen molar-refractivity contribution in [1.29, 1.82) is 0 Å². The van der Waals surface area contributed by atoms with Crippen LogP contribution in [0, 0.1) is 12.8 Å². The molecule has 1 heteroatoms. The zero-order chi connectivity index (χ0) is 16.2. The summed E-state index contributed by atoms with van der Waals surface area (Å²) in [5.74, 6) is 0.829. The Morgan fingerprint density at radius 3 is 2.58 bits per heavy atom. The molecule has 1 aliphatic heterocycles. The van der Waals surface area contributed by atoms with Crippen LogP contribution >= 0.6 is 0 Å². The minimum absolute atomic E-state index is 0.103. The molecule has 3 atom stereocenters. The van der Waals surface area contributed by atoms with Gasteiger partial charge in [0.1, 0.15) is 0 Å². The van der Waals surface area contributed by atoms with Crippen molar-refractivity contribution in [2.75, 3.05) is 5.32 Å². The minimum atomic E-state index is 0.103. The maximum atomic E-state index is 4.12. The van der Waals surface area contributed by atoms with E-state index in [4.69, 9.17) is 0 Å². The molecule has 5 rings (SSSR count). The van der Waals surface area contributed by atoms with Crippen molar-refractivity contribution in [3.05, 3.63) is 65.2 Å². The maximum Gasteiger partial charge on any atom is 0.0725 e. The van der Waals surface area contributed by atoms with E-state index in [0.29, 0.717) is 5.41 Å². The molecular weight excluding hydrogens is 290 g/mol. The van der Waals surface area contributed by atoms with Crippen molar-refractivity contribution in [3.8, 4) is 0 Å². The van der Waals surface area contributed by atoms with Crippen molar-refractivity contribution < 1.29 is 0 Å². The molecule has 0 radical (unpaired) electrons.